The summed E-state index contributed by atoms with van der Waals surface area (Å²) in [6, 6.07) is 0. The largest absolute Gasteiger partial charge is 0.376 e. The van der Waals surface area contributed by atoms with Gasteiger partial charge in [0, 0.05) is 52.9 Å². The summed E-state index contributed by atoms with van der Waals surface area (Å²) in [5.41, 5.74) is 0. The van der Waals surface area contributed by atoms with Crippen LogP contribution < -0.4 is 5.32 Å². The smallest absolute Gasteiger partial charge is 0.194 e. The van der Waals surface area contributed by atoms with E-state index < -0.39 is 0 Å². The second kappa shape index (κ2) is 9.50. The summed E-state index contributed by atoms with van der Waals surface area (Å²) in [5.74, 6) is 3.48. The van der Waals surface area contributed by atoms with Crippen LogP contribution in [0.25, 0.3) is 0 Å². The Hall–Kier alpha value is -1.67. The number of ether oxygens (including phenoxy) is 1. The van der Waals surface area contributed by atoms with Crippen molar-refractivity contribution in [2.45, 2.75) is 46.3 Å². The Kier molecular flexibility index (Phi) is 7.07. The number of aryl methyl sites for hydroxylation is 1. The zero-order chi connectivity index (χ0) is 19.2. The standard InChI is InChI=1S/C19H35N7O/c1-15(2)14-25-7-9-26(10-8-25)19(20-12-17-6-5-11-27-17)21-13-18-23-22-16(3)24(18)4/h15,17H,5-14H2,1-4H3,(H,20,21). The number of rotatable bonds is 6. The van der Waals surface area contributed by atoms with Crippen LogP contribution in [-0.2, 0) is 18.3 Å². The lowest BCUT2D eigenvalue weighted by Crippen LogP contribution is -2.53. The third kappa shape index (κ3) is 5.65. The van der Waals surface area contributed by atoms with E-state index in [1.165, 1.54) is 6.54 Å². The van der Waals surface area contributed by atoms with E-state index in [1.807, 2.05) is 18.5 Å². The molecule has 1 N–H and O–H groups in total. The molecule has 1 aromatic heterocycles. The van der Waals surface area contributed by atoms with E-state index in [9.17, 15) is 0 Å². The molecule has 152 valence electrons. The molecule has 3 heterocycles. The Balaban J connectivity index is 1.62. The van der Waals surface area contributed by atoms with Crippen LogP contribution in [-0.4, -0.2) is 82.5 Å². The van der Waals surface area contributed by atoms with Crippen LogP contribution in [0.5, 0.6) is 0 Å². The molecule has 1 unspecified atom stereocenters. The Morgan fingerprint density at radius 3 is 2.63 bits per heavy atom. The van der Waals surface area contributed by atoms with Crippen LogP contribution in [0.15, 0.2) is 4.99 Å². The van der Waals surface area contributed by atoms with E-state index in [0.717, 1.165) is 69.8 Å². The first-order chi connectivity index (χ1) is 13.0. The minimum absolute atomic E-state index is 0.300. The molecule has 2 aliphatic rings. The molecule has 27 heavy (non-hydrogen) atoms. The predicted molar refractivity (Wildman–Crippen MR) is 107 cm³/mol. The molecule has 0 amide bonds. The SMILES string of the molecule is Cc1nnc(CN=C(NCC2CCCO2)N2CCN(CC(C)C)CC2)n1C. The summed E-state index contributed by atoms with van der Waals surface area (Å²) in [4.78, 5) is 9.79. The van der Waals surface area contributed by atoms with Crippen molar-refractivity contribution in [3.05, 3.63) is 11.6 Å². The second-order valence-electron chi connectivity index (χ2n) is 8.06. The Labute approximate surface area is 163 Å². The summed E-state index contributed by atoms with van der Waals surface area (Å²) in [6.45, 7) is 14.1. The van der Waals surface area contributed by atoms with E-state index >= 15 is 0 Å². The predicted octanol–water partition coefficient (Wildman–Crippen LogP) is 1.02. The second-order valence-corrected chi connectivity index (χ2v) is 8.06. The first kappa shape index (κ1) is 20.1. The van der Waals surface area contributed by atoms with E-state index in [-0.39, 0.29) is 0 Å². The number of aliphatic imine (C=N–C) groups is 1. The molecular weight excluding hydrogens is 342 g/mol. The highest BCUT2D eigenvalue weighted by molar-refractivity contribution is 5.80. The van der Waals surface area contributed by atoms with Gasteiger partial charge < -0.3 is 19.5 Å². The molecule has 1 aromatic rings. The van der Waals surface area contributed by atoms with Crippen LogP contribution in [0.1, 0.15) is 38.3 Å². The molecule has 0 saturated carbocycles. The van der Waals surface area contributed by atoms with Crippen molar-refractivity contribution in [2.24, 2.45) is 18.0 Å². The van der Waals surface area contributed by atoms with E-state index in [2.05, 4.69) is 39.2 Å². The van der Waals surface area contributed by atoms with Crippen LogP contribution in [0, 0.1) is 12.8 Å². The van der Waals surface area contributed by atoms with E-state index in [4.69, 9.17) is 9.73 Å². The van der Waals surface area contributed by atoms with Crippen molar-refractivity contribution >= 4 is 5.96 Å². The molecular formula is C19H35N7O. The minimum atomic E-state index is 0.300. The van der Waals surface area contributed by atoms with Crippen LogP contribution >= 0.6 is 0 Å². The zero-order valence-corrected chi connectivity index (χ0v) is 17.3. The maximum Gasteiger partial charge on any atom is 0.194 e. The number of hydrogen-bond donors (Lipinski definition) is 1. The fraction of sp³-hybridized carbons (Fsp3) is 0.842. The molecule has 3 rings (SSSR count). The summed E-state index contributed by atoms with van der Waals surface area (Å²) >= 11 is 0. The van der Waals surface area contributed by atoms with Crippen molar-refractivity contribution in [1.29, 1.82) is 0 Å². The highest BCUT2D eigenvalue weighted by Gasteiger charge is 2.22. The number of hydrogen-bond acceptors (Lipinski definition) is 5. The fourth-order valence-corrected chi connectivity index (χ4v) is 3.67. The Morgan fingerprint density at radius 1 is 1.26 bits per heavy atom. The molecule has 0 spiro atoms. The van der Waals surface area contributed by atoms with Gasteiger partial charge in [-0.05, 0) is 25.7 Å². The van der Waals surface area contributed by atoms with Crippen molar-refractivity contribution in [2.75, 3.05) is 45.9 Å². The first-order valence-electron chi connectivity index (χ1n) is 10.2. The lowest BCUT2D eigenvalue weighted by molar-refractivity contribution is 0.112. The highest BCUT2D eigenvalue weighted by Crippen LogP contribution is 2.12. The van der Waals surface area contributed by atoms with Crippen LogP contribution in [0.4, 0.5) is 0 Å². The van der Waals surface area contributed by atoms with E-state index in [1.54, 1.807) is 0 Å². The van der Waals surface area contributed by atoms with Gasteiger partial charge >= 0.3 is 0 Å². The van der Waals surface area contributed by atoms with Crippen molar-refractivity contribution in [3.8, 4) is 0 Å². The van der Waals surface area contributed by atoms with Gasteiger partial charge in [-0.15, -0.1) is 10.2 Å². The number of nitrogens with one attached hydrogen (secondary N) is 1. The summed E-state index contributed by atoms with van der Waals surface area (Å²) in [5, 5.41) is 11.9. The molecule has 2 fully saturated rings. The van der Waals surface area contributed by atoms with Crippen LogP contribution in [0.2, 0.25) is 0 Å². The number of nitrogens with zero attached hydrogens (tertiary/aromatic N) is 6. The van der Waals surface area contributed by atoms with Gasteiger partial charge in [-0.1, -0.05) is 13.8 Å². The fourth-order valence-electron chi connectivity index (χ4n) is 3.67. The maximum absolute atomic E-state index is 5.77. The molecule has 2 saturated heterocycles. The van der Waals surface area contributed by atoms with Crippen molar-refractivity contribution in [1.82, 2.24) is 29.9 Å². The molecule has 0 radical (unpaired) electrons. The topological polar surface area (TPSA) is 70.8 Å². The zero-order valence-electron chi connectivity index (χ0n) is 17.3. The molecule has 1 atom stereocenters. The summed E-state index contributed by atoms with van der Waals surface area (Å²) < 4.78 is 7.77. The molecule has 2 aliphatic heterocycles. The van der Waals surface area contributed by atoms with Gasteiger partial charge in [0.2, 0.25) is 0 Å². The number of aromatic nitrogens is 3. The van der Waals surface area contributed by atoms with Gasteiger partial charge in [-0.3, -0.25) is 4.90 Å². The molecule has 8 heteroatoms. The first-order valence-corrected chi connectivity index (χ1v) is 10.2. The average molecular weight is 378 g/mol. The van der Waals surface area contributed by atoms with Crippen molar-refractivity contribution < 1.29 is 4.74 Å². The minimum Gasteiger partial charge on any atom is -0.376 e. The normalized spacial score (nSPS) is 22.0. The van der Waals surface area contributed by atoms with Gasteiger partial charge in [-0.2, -0.15) is 0 Å². The third-order valence-electron chi connectivity index (χ3n) is 5.36. The maximum atomic E-state index is 5.77. The summed E-state index contributed by atoms with van der Waals surface area (Å²) in [7, 11) is 1.99. The highest BCUT2D eigenvalue weighted by atomic mass is 16.5. The monoisotopic (exact) mass is 377 g/mol. The van der Waals surface area contributed by atoms with Crippen LogP contribution in [0.3, 0.4) is 0 Å². The van der Waals surface area contributed by atoms with Gasteiger partial charge in [0.25, 0.3) is 0 Å². The number of piperazine rings is 1. The lowest BCUT2D eigenvalue weighted by atomic mass is 10.2. The lowest BCUT2D eigenvalue weighted by Gasteiger charge is -2.37. The molecule has 0 aromatic carbocycles. The quantitative estimate of drug-likeness (QED) is 0.590. The number of guanidine groups is 1. The molecule has 0 aliphatic carbocycles. The van der Waals surface area contributed by atoms with Gasteiger partial charge in [0.05, 0.1) is 6.10 Å². The van der Waals surface area contributed by atoms with Crippen molar-refractivity contribution in [3.63, 3.8) is 0 Å². The van der Waals surface area contributed by atoms with Gasteiger partial charge in [0.1, 0.15) is 12.4 Å². The van der Waals surface area contributed by atoms with E-state index in [0.29, 0.717) is 18.6 Å². The van der Waals surface area contributed by atoms with Gasteiger partial charge in [0.15, 0.2) is 11.8 Å². The molecule has 8 nitrogen and oxygen atoms in total. The Morgan fingerprint density at radius 2 is 2.04 bits per heavy atom. The molecule has 0 bridgehead atoms. The van der Waals surface area contributed by atoms with Gasteiger partial charge in [-0.25, -0.2) is 4.99 Å². The Bertz CT molecular complexity index is 614. The summed E-state index contributed by atoms with van der Waals surface area (Å²) in [6.07, 6.45) is 2.59. The average Bonchev–Trinajstić information content (AvgIpc) is 3.27. The third-order valence-corrected chi connectivity index (χ3v) is 5.36.